The summed E-state index contributed by atoms with van der Waals surface area (Å²) in [5.74, 6) is -0.488. The molecule has 0 unspecified atom stereocenters. The highest BCUT2D eigenvalue weighted by Gasteiger charge is 2.16. The fraction of sp³-hybridized carbons (Fsp3) is 0.107. The molecule has 5 nitrogen and oxygen atoms in total. The number of hydrogen-bond acceptors (Lipinski definition) is 3. The van der Waals surface area contributed by atoms with E-state index in [-0.39, 0.29) is 11.8 Å². The molecule has 0 radical (unpaired) electrons. The molecule has 0 saturated carbocycles. The van der Waals surface area contributed by atoms with E-state index in [1.165, 1.54) is 5.56 Å². The van der Waals surface area contributed by atoms with Crippen molar-refractivity contribution >= 4 is 17.5 Å². The Morgan fingerprint density at radius 2 is 1.36 bits per heavy atom. The number of para-hydroxylation sites is 1. The Morgan fingerprint density at radius 1 is 0.667 bits per heavy atom. The van der Waals surface area contributed by atoms with Gasteiger partial charge >= 0.3 is 0 Å². The third-order valence-corrected chi connectivity index (χ3v) is 5.38. The second-order valence-corrected chi connectivity index (χ2v) is 7.69. The Balaban J connectivity index is 1.46. The Hall–Kier alpha value is -4.25. The Morgan fingerprint density at radius 3 is 2.15 bits per heavy atom. The van der Waals surface area contributed by atoms with Crippen molar-refractivity contribution in [2.45, 2.75) is 19.4 Å². The number of hydrogen-bond donors (Lipinski definition) is 2. The van der Waals surface area contributed by atoms with Crippen molar-refractivity contribution in [2.75, 3.05) is 5.32 Å². The number of amides is 2. The van der Waals surface area contributed by atoms with Crippen LogP contribution in [0.5, 0.6) is 0 Å². The van der Waals surface area contributed by atoms with Crippen LogP contribution in [0.25, 0.3) is 0 Å². The van der Waals surface area contributed by atoms with Crippen LogP contribution in [0.3, 0.4) is 0 Å². The largest absolute Gasteiger partial charge is 0.348 e. The minimum atomic E-state index is -0.257. The number of carbonyl (C=O) groups excluding carboxylic acids is 2. The van der Waals surface area contributed by atoms with Crippen molar-refractivity contribution in [3.8, 4) is 0 Å². The van der Waals surface area contributed by atoms with Gasteiger partial charge < -0.3 is 10.6 Å². The summed E-state index contributed by atoms with van der Waals surface area (Å²) in [6.45, 7) is 0.358. The molecule has 3 aromatic carbocycles. The molecule has 164 valence electrons. The van der Waals surface area contributed by atoms with Crippen LogP contribution in [-0.2, 0) is 19.4 Å². The molecule has 0 aliphatic rings. The monoisotopic (exact) mass is 435 g/mol. The van der Waals surface area contributed by atoms with Crippen molar-refractivity contribution in [1.29, 1.82) is 0 Å². The van der Waals surface area contributed by atoms with Crippen molar-refractivity contribution in [2.24, 2.45) is 0 Å². The highest BCUT2D eigenvalue weighted by Crippen LogP contribution is 2.19. The number of anilines is 1. The molecule has 1 heterocycles. The molecule has 0 atom stereocenters. The van der Waals surface area contributed by atoms with Gasteiger partial charge in [0.2, 0.25) is 0 Å². The molecule has 1 aromatic heterocycles. The van der Waals surface area contributed by atoms with E-state index >= 15 is 0 Å². The van der Waals surface area contributed by atoms with E-state index in [0.717, 1.165) is 24.0 Å². The zero-order valence-electron chi connectivity index (χ0n) is 18.2. The zero-order chi connectivity index (χ0) is 22.9. The summed E-state index contributed by atoms with van der Waals surface area (Å²) in [6.07, 6.45) is 4.99. The number of pyridine rings is 1. The van der Waals surface area contributed by atoms with Crippen LogP contribution in [-0.4, -0.2) is 16.8 Å². The summed E-state index contributed by atoms with van der Waals surface area (Å²) >= 11 is 0. The molecule has 0 fully saturated rings. The van der Waals surface area contributed by atoms with Gasteiger partial charge in [-0.15, -0.1) is 0 Å². The Labute approximate surface area is 193 Å². The van der Waals surface area contributed by atoms with E-state index in [2.05, 4.69) is 27.8 Å². The van der Waals surface area contributed by atoms with Gasteiger partial charge in [-0.05, 0) is 53.8 Å². The first kappa shape index (κ1) is 22.0. The van der Waals surface area contributed by atoms with Crippen molar-refractivity contribution in [1.82, 2.24) is 10.3 Å². The minimum absolute atomic E-state index is 0.230. The number of aromatic nitrogens is 1. The van der Waals surface area contributed by atoms with Crippen molar-refractivity contribution < 1.29 is 9.59 Å². The topological polar surface area (TPSA) is 71.1 Å². The van der Waals surface area contributed by atoms with Crippen LogP contribution >= 0.6 is 0 Å². The summed E-state index contributed by atoms with van der Waals surface area (Å²) < 4.78 is 0. The van der Waals surface area contributed by atoms with E-state index in [0.29, 0.717) is 23.4 Å². The fourth-order valence-electron chi connectivity index (χ4n) is 3.64. The van der Waals surface area contributed by atoms with Crippen LogP contribution in [0, 0.1) is 0 Å². The molecule has 5 heteroatoms. The molecular weight excluding hydrogens is 410 g/mol. The summed E-state index contributed by atoms with van der Waals surface area (Å²) in [7, 11) is 0. The van der Waals surface area contributed by atoms with Crippen molar-refractivity contribution in [3.05, 3.63) is 131 Å². The molecule has 0 aliphatic heterocycles. The quantitative estimate of drug-likeness (QED) is 0.407. The van der Waals surface area contributed by atoms with Gasteiger partial charge in [0.15, 0.2) is 0 Å². The van der Waals surface area contributed by atoms with Gasteiger partial charge in [-0.2, -0.15) is 0 Å². The number of rotatable bonds is 8. The van der Waals surface area contributed by atoms with Crippen molar-refractivity contribution in [3.63, 3.8) is 0 Å². The summed E-state index contributed by atoms with van der Waals surface area (Å²) in [5, 5.41) is 5.82. The van der Waals surface area contributed by atoms with E-state index in [4.69, 9.17) is 0 Å². The fourth-order valence-corrected chi connectivity index (χ4v) is 3.64. The van der Waals surface area contributed by atoms with E-state index < -0.39 is 0 Å². The van der Waals surface area contributed by atoms with Gasteiger partial charge in [-0.25, -0.2) is 0 Å². The molecule has 4 rings (SSSR count). The number of nitrogens with one attached hydrogen (secondary N) is 2. The minimum Gasteiger partial charge on any atom is -0.348 e. The zero-order valence-corrected chi connectivity index (χ0v) is 18.2. The molecule has 4 aromatic rings. The SMILES string of the molecule is O=C(Nc1ccccc1C(=O)NCc1cccnc1)c1ccccc1CCc1ccccc1. The van der Waals surface area contributed by atoms with Crippen LogP contribution in [0.2, 0.25) is 0 Å². The number of aryl methyl sites for hydroxylation is 2. The van der Waals surface area contributed by atoms with Gasteiger partial charge in [0.05, 0.1) is 11.3 Å². The van der Waals surface area contributed by atoms with Gasteiger partial charge in [-0.1, -0.05) is 66.7 Å². The second-order valence-electron chi connectivity index (χ2n) is 7.69. The first-order chi connectivity index (χ1) is 16.2. The standard InChI is InChI=1S/C28H25N3O2/c32-27(30-20-22-11-8-18-29-19-22)25-14-6-7-15-26(25)31-28(33)24-13-5-4-12-23(24)17-16-21-9-2-1-3-10-21/h1-15,18-19H,16-17,20H2,(H,30,32)(H,31,33). The Bertz CT molecular complexity index is 1220. The first-order valence-electron chi connectivity index (χ1n) is 10.9. The van der Waals surface area contributed by atoms with Crippen LogP contribution in [0.15, 0.2) is 103 Å². The Kier molecular flexibility index (Phi) is 7.23. The maximum atomic E-state index is 13.1. The maximum absolute atomic E-state index is 13.1. The lowest BCUT2D eigenvalue weighted by molar-refractivity contribution is 0.0951. The summed E-state index contributed by atoms with van der Waals surface area (Å²) in [6, 6.07) is 28.5. The first-order valence-corrected chi connectivity index (χ1v) is 10.9. The third-order valence-electron chi connectivity index (χ3n) is 5.38. The maximum Gasteiger partial charge on any atom is 0.255 e. The van der Waals surface area contributed by atoms with Crippen LogP contribution in [0.4, 0.5) is 5.69 Å². The number of nitrogens with zero attached hydrogens (tertiary/aromatic N) is 1. The molecule has 0 saturated heterocycles. The van der Waals surface area contributed by atoms with Crippen LogP contribution < -0.4 is 10.6 Å². The smallest absolute Gasteiger partial charge is 0.255 e. The average molecular weight is 436 g/mol. The molecule has 2 N–H and O–H groups in total. The normalized spacial score (nSPS) is 10.4. The molecule has 0 spiro atoms. The predicted octanol–water partition coefficient (Wildman–Crippen LogP) is 5.05. The van der Waals surface area contributed by atoms with Gasteiger partial charge in [-0.3, -0.25) is 14.6 Å². The summed E-state index contributed by atoms with van der Waals surface area (Å²) in [4.78, 5) is 30.0. The third kappa shape index (κ3) is 5.92. The molecule has 2 amide bonds. The van der Waals surface area contributed by atoms with Gasteiger partial charge in [0, 0.05) is 24.5 Å². The van der Waals surface area contributed by atoms with Crippen LogP contribution in [0.1, 0.15) is 37.4 Å². The van der Waals surface area contributed by atoms with E-state index in [9.17, 15) is 9.59 Å². The second kappa shape index (κ2) is 10.9. The summed E-state index contributed by atoms with van der Waals surface area (Å²) in [5.41, 5.74) is 4.60. The average Bonchev–Trinajstić information content (AvgIpc) is 2.88. The number of benzene rings is 3. The number of carbonyl (C=O) groups is 2. The highest BCUT2D eigenvalue weighted by atomic mass is 16.2. The molecule has 33 heavy (non-hydrogen) atoms. The van der Waals surface area contributed by atoms with E-state index in [1.807, 2.05) is 54.6 Å². The lowest BCUT2D eigenvalue weighted by atomic mass is 9.99. The predicted molar refractivity (Wildman–Crippen MR) is 130 cm³/mol. The molecule has 0 aliphatic carbocycles. The molecule has 0 bridgehead atoms. The lowest BCUT2D eigenvalue weighted by Crippen LogP contribution is -2.25. The van der Waals surface area contributed by atoms with Gasteiger partial charge in [0.1, 0.15) is 0 Å². The lowest BCUT2D eigenvalue weighted by Gasteiger charge is -2.13. The van der Waals surface area contributed by atoms with Gasteiger partial charge in [0.25, 0.3) is 11.8 Å². The molecular formula is C28H25N3O2. The highest BCUT2D eigenvalue weighted by molar-refractivity contribution is 6.09. The van der Waals surface area contributed by atoms with E-state index in [1.54, 1.807) is 36.7 Å².